The van der Waals surface area contributed by atoms with Crippen LogP contribution in [0.4, 0.5) is 0 Å². The quantitative estimate of drug-likeness (QED) is 0.0599. The molecule has 4 aromatic carbocycles. The molecule has 92 heavy (non-hydrogen) atoms. The Morgan fingerprint density at radius 1 is 0.478 bits per heavy atom. The maximum absolute atomic E-state index is 15.1. The minimum atomic E-state index is -2.03. The highest BCUT2D eigenvalue weighted by atomic mass is 16.4. The molecule has 6 rings (SSSR count). The average molecular weight is 1270 g/mol. The van der Waals surface area contributed by atoms with Crippen LogP contribution in [0.15, 0.2) is 109 Å². The van der Waals surface area contributed by atoms with Gasteiger partial charge in [0.2, 0.25) is 65.0 Å². The van der Waals surface area contributed by atoms with Crippen LogP contribution in [0, 0.1) is 11.8 Å². The topological polar surface area (TPSA) is 429 Å². The summed E-state index contributed by atoms with van der Waals surface area (Å²) in [6, 6.07) is 12.7. The van der Waals surface area contributed by atoms with Crippen LogP contribution in [0.3, 0.4) is 0 Å². The van der Waals surface area contributed by atoms with Gasteiger partial charge < -0.3 is 79.5 Å². The van der Waals surface area contributed by atoms with Gasteiger partial charge in [-0.15, -0.1) is 0 Å². The van der Waals surface area contributed by atoms with E-state index in [9.17, 15) is 68.1 Å². The van der Waals surface area contributed by atoms with Crippen molar-refractivity contribution < 1.29 is 72.9 Å². The Bertz CT molecular complexity index is 3240. The number of carbonyl (C=O) groups excluding carboxylic acids is 11. The van der Waals surface area contributed by atoms with E-state index in [0.717, 1.165) is 0 Å². The maximum atomic E-state index is 15.1. The van der Waals surface area contributed by atoms with Gasteiger partial charge in [0.25, 0.3) is 0 Å². The Morgan fingerprint density at radius 2 is 0.859 bits per heavy atom. The van der Waals surface area contributed by atoms with Crippen LogP contribution in [0.25, 0.3) is 0 Å². The van der Waals surface area contributed by atoms with Gasteiger partial charge in [-0.2, -0.15) is 0 Å². The molecule has 0 spiro atoms. The third-order valence-corrected chi connectivity index (χ3v) is 15.6. The zero-order chi connectivity index (χ0) is 67.2. The normalized spacial score (nSPS) is 23.9. The van der Waals surface area contributed by atoms with Gasteiger partial charge in [0.15, 0.2) is 0 Å². The maximum Gasteiger partial charge on any atom is 0.305 e. The van der Waals surface area contributed by atoms with Gasteiger partial charge in [0, 0.05) is 32.2 Å². The highest BCUT2D eigenvalue weighted by molar-refractivity contribution is 6.01. The zero-order valence-electron chi connectivity index (χ0n) is 51.9. The second kappa shape index (κ2) is 34.3. The number of hydrogen-bond donors (Lipinski definition) is 14. The van der Waals surface area contributed by atoms with Crippen molar-refractivity contribution >= 4 is 70.9 Å². The van der Waals surface area contributed by atoms with Crippen molar-refractivity contribution in [3.63, 3.8) is 0 Å². The number of carboxylic acids is 1. The Balaban J connectivity index is 1.46. The molecule has 0 bridgehead atoms. The summed E-state index contributed by atoms with van der Waals surface area (Å²) < 4.78 is 0. The van der Waals surface area contributed by atoms with E-state index >= 15 is 4.79 Å². The third-order valence-electron chi connectivity index (χ3n) is 15.6. The summed E-state index contributed by atoms with van der Waals surface area (Å²) in [7, 11) is 0. The van der Waals surface area contributed by atoms with Gasteiger partial charge in [-0.05, 0) is 97.0 Å². The van der Waals surface area contributed by atoms with Crippen molar-refractivity contribution in [1.82, 2.24) is 52.8 Å². The highest BCUT2D eigenvalue weighted by Gasteiger charge is 2.42. The molecule has 27 nitrogen and oxygen atoms in total. The van der Waals surface area contributed by atoms with Gasteiger partial charge in [0.1, 0.15) is 71.9 Å². The molecule has 11 amide bonds. The summed E-state index contributed by atoms with van der Waals surface area (Å²) in [5, 5.41) is 53.9. The van der Waals surface area contributed by atoms with Crippen LogP contribution >= 0.6 is 0 Å². The number of primary amides is 1. The van der Waals surface area contributed by atoms with E-state index in [4.69, 9.17) is 11.5 Å². The first-order valence-electron chi connectivity index (χ1n) is 30.7. The lowest BCUT2D eigenvalue weighted by Crippen LogP contribution is -2.62. The fraction of sp³-hybridized carbons (Fsp3) is 0.446. The van der Waals surface area contributed by atoms with E-state index in [0.29, 0.717) is 28.7 Å². The number of rotatable bonds is 18. The number of aromatic hydroxyl groups is 2. The minimum Gasteiger partial charge on any atom is -0.508 e. The van der Waals surface area contributed by atoms with Crippen LogP contribution in [-0.4, -0.2) is 165 Å². The Labute approximate surface area is 532 Å². The molecule has 2 saturated heterocycles. The molecule has 16 N–H and O–H groups in total. The van der Waals surface area contributed by atoms with Crippen LogP contribution in [-0.2, 0) is 83.2 Å². The Kier molecular flexibility index (Phi) is 26.5. The zero-order valence-corrected chi connectivity index (χ0v) is 51.9. The second-order valence-corrected chi connectivity index (χ2v) is 23.9. The first-order valence-corrected chi connectivity index (χ1v) is 30.7. The van der Waals surface area contributed by atoms with Crippen molar-refractivity contribution in [2.24, 2.45) is 23.3 Å². The predicted octanol–water partition coefficient (Wildman–Crippen LogP) is -0.473. The molecule has 27 heteroatoms. The van der Waals surface area contributed by atoms with Crippen molar-refractivity contribution in [2.75, 3.05) is 13.1 Å². The van der Waals surface area contributed by atoms with E-state index in [1.54, 1.807) is 100 Å². The molecule has 4 aromatic rings. The van der Waals surface area contributed by atoms with Crippen molar-refractivity contribution in [3.05, 3.63) is 131 Å². The molecule has 0 aliphatic carbocycles. The van der Waals surface area contributed by atoms with Crippen LogP contribution in [0.5, 0.6) is 11.5 Å². The van der Waals surface area contributed by atoms with Gasteiger partial charge in [-0.25, -0.2) is 0 Å². The van der Waals surface area contributed by atoms with Crippen LogP contribution in [0.1, 0.15) is 94.9 Å². The summed E-state index contributed by atoms with van der Waals surface area (Å²) in [4.78, 5) is 173. The Morgan fingerprint density at radius 3 is 1.32 bits per heavy atom. The number of phenols is 2. The van der Waals surface area contributed by atoms with Gasteiger partial charge >= 0.3 is 5.97 Å². The number of phenolic OH excluding ortho intramolecular Hbond substituents is 2. The summed E-state index contributed by atoms with van der Waals surface area (Å²) in [6.07, 6.45) is -2.42. The number of benzene rings is 4. The van der Waals surface area contributed by atoms with Crippen LogP contribution < -0.4 is 59.3 Å². The summed E-state index contributed by atoms with van der Waals surface area (Å²) >= 11 is 0. The molecule has 0 radical (unpaired) electrons. The Hall–Kier alpha value is -9.92. The third kappa shape index (κ3) is 21.7. The van der Waals surface area contributed by atoms with E-state index in [-0.39, 0.29) is 81.9 Å². The van der Waals surface area contributed by atoms with Crippen molar-refractivity contribution in [1.29, 1.82) is 0 Å². The van der Waals surface area contributed by atoms with Gasteiger partial charge in [-0.3, -0.25) is 57.5 Å². The minimum absolute atomic E-state index is 0.0203. The number of carboxylic acid groups (broad SMARTS) is 1. The molecular formula is C65H84N12O15. The first-order chi connectivity index (χ1) is 43.8. The molecule has 494 valence electrons. The number of nitrogens with one attached hydrogen (secondary N) is 9. The molecule has 2 aliphatic rings. The number of amides is 11. The molecule has 2 heterocycles. The lowest BCUT2D eigenvalue weighted by molar-refractivity contribution is -0.142. The molecule has 0 aromatic heterocycles. The van der Waals surface area contributed by atoms with Gasteiger partial charge in [0.05, 0.1) is 12.8 Å². The molecule has 1 unspecified atom stereocenters. The number of fused-ring (bicyclic) bond motifs is 1. The summed E-state index contributed by atoms with van der Waals surface area (Å²) in [5.41, 5.74) is 13.4. The van der Waals surface area contributed by atoms with E-state index in [1.807, 2.05) is 0 Å². The summed E-state index contributed by atoms with van der Waals surface area (Å²) in [5.74, 6) is -13.5. The lowest BCUT2D eigenvalue weighted by Gasteiger charge is -2.32. The predicted molar refractivity (Wildman–Crippen MR) is 335 cm³/mol. The SMILES string of the molecule is CC(C)CC1NC(=O)[C@H](CCCN)NC(=O)[C@H](C(C)C)NC(=O)[C@H](Cc2ccc(O)cc2)NC(=O)[C@H](CC(=O)O)NC(=O)[C@H](CC(N)=O)NC(=O)[C@@H](Cc2ccccc2)NC(=O)[C@H](Cc2ccccc2)NC(=O)[C@@H]2CCCN2C(=O)[C@@H](Cc2ccc(O)cc2)NC1=O. The number of nitrogens with zero attached hydrogens (tertiary/aromatic N) is 1. The van der Waals surface area contributed by atoms with E-state index in [1.165, 1.54) is 41.3 Å². The number of carbonyl (C=O) groups is 12. The smallest absolute Gasteiger partial charge is 0.305 e. The van der Waals surface area contributed by atoms with Crippen molar-refractivity contribution in [3.8, 4) is 11.5 Å². The number of nitrogens with two attached hydrogens (primary N) is 2. The average Bonchev–Trinajstić information content (AvgIpc) is 1.56. The standard InChI is InChI=1S/C65H84N12O15/c1-36(2)29-45-57(84)75-51(33-41-21-25-43(79)26-22-41)65(92)77-28-12-18-52(77)63(90)74-47(31-39-15-9-6-10-16-39)59(86)70-46(30-38-13-7-5-8-14-38)58(85)72-49(34-53(67)80)60(87)73-50(35-54(81)82)61(88)71-48(32-40-19-23-42(78)24-20-40)62(89)76-55(37(3)4)64(91)68-44(17-11-27-66)56(83)69-45/h5-10,13-16,19-26,36-37,44-52,55,78-79H,11-12,17-18,27-35,66H2,1-4H3,(H2,67,80)(H,68,91)(H,69,83)(H,70,86)(H,71,88)(H,72,85)(H,73,87)(H,74,90)(H,75,84)(H,76,89)(H,81,82)/t44-,45?,46+,47-,48-,49-,50-,51+,52-,55-/m0/s1. The summed E-state index contributed by atoms with van der Waals surface area (Å²) in [6.45, 7) is 6.84. The molecule has 10 atom stereocenters. The molecular weight excluding hydrogens is 1190 g/mol. The molecule has 2 fully saturated rings. The largest absolute Gasteiger partial charge is 0.508 e. The highest BCUT2D eigenvalue weighted by Crippen LogP contribution is 2.23. The van der Waals surface area contributed by atoms with Crippen LogP contribution in [0.2, 0.25) is 0 Å². The lowest BCUT2D eigenvalue weighted by atomic mass is 9.99. The number of hydrogen-bond acceptors (Lipinski definition) is 15. The second-order valence-electron chi connectivity index (χ2n) is 23.9. The van der Waals surface area contributed by atoms with Gasteiger partial charge in [-0.1, -0.05) is 113 Å². The fourth-order valence-corrected chi connectivity index (χ4v) is 10.8. The number of aliphatic carboxylic acids is 1. The van der Waals surface area contributed by atoms with Crippen molar-refractivity contribution in [2.45, 2.75) is 159 Å². The van der Waals surface area contributed by atoms with E-state index in [2.05, 4.69) is 47.9 Å². The first kappa shape index (κ1) is 71.2. The fourth-order valence-electron chi connectivity index (χ4n) is 10.8. The van der Waals surface area contributed by atoms with E-state index < -0.39 is 150 Å². The monoisotopic (exact) mass is 1270 g/mol. The molecule has 0 saturated carbocycles. The molecule has 2 aliphatic heterocycles.